The molecule has 3 heteroatoms. The number of nitrogens with one attached hydrogen (secondary N) is 1. The van der Waals surface area contributed by atoms with Crippen LogP contribution in [0.15, 0.2) is 24.3 Å². The van der Waals surface area contributed by atoms with Crippen molar-refractivity contribution in [3.63, 3.8) is 0 Å². The maximum Gasteiger partial charge on any atom is 0.0666 e. The molecule has 15 heavy (non-hydrogen) atoms. The third-order valence-electron chi connectivity index (χ3n) is 2.71. The SMILES string of the molecule is COCC(Nc1cccc(I)c1)C1CC1. The van der Waals surface area contributed by atoms with Crippen molar-refractivity contribution in [1.82, 2.24) is 0 Å². The summed E-state index contributed by atoms with van der Waals surface area (Å²) in [6.07, 6.45) is 2.68. The molecular weight excluding hydrogens is 301 g/mol. The molecule has 0 spiro atoms. The second-order valence-corrected chi connectivity index (χ2v) is 5.30. The highest BCUT2D eigenvalue weighted by molar-refractivity contribution is 14.1. The number of anilines is 1. The summed E-state index contributed by atoms with van der Waals surface area (Å²) in [5.41, 5.74) is 1.20. The van der Waals surface area contributed by atoms with Gasteiger partial charge in [-0.15, -0.1) is 0 Å². The van der Waals surface area contributed by atoms with Crippen molar-refractivity contribution < 1.29 is 4.74 Å². The van der Waals surface area contributed by atoms with Crippen LogP contribution in [0.2, 0.25) is 0 Å². The van der Waals surface area contributed by atoms with Crippen molar-refractivity contribution in [2.24, 2.45) is 5.92 Å². The van der Waals surface area contributed by atoms with Crippen LogP contribution in [0.25, 0.3) is 0 Å². The van der Waals surface area contributed by atoms with Crippen molar-refractivity contribution in [2.75, 3.05) is 19.0 Å². The van der Waals surface area contributed by atoms with E-state index in [-0.39, 0.29) is 0 Å². The number of hydrogen-bond donors (Lipinski definition) is 1. The number of benzene rings is 1. The highest BCUT2D eigenvalue weighted by Crippen LogP contribution is 2.34. The molecule has 0 aliphatic heterocycles. The second kappa shape index (κ2) is 5.16. The first-order valence-corrected chi connectivity index (χ1v) is 6.38. The van der Waals surface area contributed by atoms with Crippen LogP contribution >= 0.6 is 22.6 Å². The van der Waals surface area contributed by atoms with Crippen molar-refractivity contribution in [2.45, 2.75) is 18.9 Å². The van der Waals surface area contributed by atoms with Gasteiger partial charge in [-0.05, 0) is 59.5 Å². The van der Waals surface area contributed by atoms with Gasteiger partial charge in [0.2, 0.25) is 0 Å². The first-order valence-electron chi connectivity index (χ1n) is 5.30. The first kappa shape index (κ1) is 11.2. The topological polar surface area (TPSA) is 21.3 Å². The van der Waals surface area contributed by atoms with Gasteiger partial charge in [0.25, 0.3) is 0 Å². The van der Waals surface area contributed by atoms with Gasteiger partial charge in [-0.25, -0.2) is 0 Å². The Balaban J connectivity index is 1.98. The third kappa shape index (κ3) is 3.34. The van der Waals surface area contributed by atoms with E-state index in [1.165, 1.54) is 22.1 Å². The monoisotopic (exact) mass is 317 g/mol. The van der Waals surface area contributed by atoms with Crippen molar-refractivity contribution in [3.8, 4) is 0 Å². The van der Waals surface area contributed by atoms with Crippen LogP contribution < -0.4 is 5.32 Å². The molecule has 2 nitrogen and oxygen atoms in total. The number of halogens is 1. The molecular formula is C12H16INO. The Labute approximate surface area is 105 Å². The van der Waals surface area contributed by atoms with Gasteiger partial charge in [0, 0.05) is 16.4 Å². The predicted molar refractivity (Wildman–Crippen MR) is 71.2 cm³/mol. The molecule has 0 bridgehead atoms. The van der Waals surface area contributed by atoms with E-state index in [0.717, 1.165) is 12.5 Å². The van der Waals surface area contributed by atoms with E-state index in [4.69, 9.17) is 4.74 Å². The summed E-state index contributed by atoms with van der Waals surface area (Å²) in [6.45, 7) is 0.802. The number of ether oxygens (including phenoxy) is 1. The molecule has 1 aromatic carbocycles. The molecule has 0 amide bonds. The summed E-state index contributed by atoms with van der Waals surface area (Å²) in [5, 5.41) is 3.55. The number of rotatable bonds is 5. The number of methoxy groups -OCH3 is 1. The van der Waals surface area contributed by atoms with Crippen LogP contribution in [0.5, 0.6) is 0 Å². The molecule has 1 atom stereocenters. The minimum absolute atomic E-state index is 0.480. The Morgan fingerprint density at radius 2 is 2.33 bits per heavy atom. The average molecular weight is 317 g/mol. The normalized spacial score (nSPS) is 17.5. The van der Waals surface area contributed by atoms with Crippen LogP contribution in [0.1, 0.15) is 12.8 Å². The van der Waals surface area contributed by atoms with Gasteiger partial charge in [0.1, 0.15) is 0 Å². The van der Waals surface area contributed by atoms with E-state index in [1.54, 1.807) is 7.11 Å². The lowest BCUT2D eigenvalue weighted by Gasteiger charge is -2.18. The minimum atomic E-state index is 0.480. The van der Waals surface area contributed by atoms with Crippen LogP contribution in [-0.4, -0.2) is 19.8 Å². The summed E-state index contributed by atoms with van der Waals surface area (Å²) >= 11 is 2.34. The van der Waals surface area contributed by atoms with E-state index >= 15 is 0 Å². The van der Waals surface area contributed by atoms with Gasteiger partial charge in [0.15, 0.2) is 0 Å². The fraction of sp³-hybridized carbons (Fsp3) is 0.500. The molecule has 0 saturated heterocycles. The molecule has 0 aromatic heterocycles. The molecule has 0 radical (unpaired) electrons. The largest absolute Gasteiger partial charge is 0.383 e. The van der Waals surface area contributed by atoms with Crippen LogP contribution in [0.3, 0.4) is 0 Å². The molecule has 1 aliphatic carbocycles. The second-order valence-electron chi connectivity index (χ2n) is 4.05. The Morgan fingerprint density at radius 3 is 2.93 bits per heavy atom. The summed E-state index contributed by atoms with van der Waals surface area (Å²) in [4.78, 5) is 0. The maximum absolute atomic E-state index is 5.24. The fourth-order valence-corrected chi connectivity index (χ4v) is 2.31. The maximum atomic E-state index is 5.24. The van der Waals surface area contributed by atoms with Gasteiger partial charge in [-0.3, -0.25) is 0 Å². The van der Waals surface area contributed by atoms with Crippen LogP contribution in [0, 0.1) is 9.49 Å². The highest BCUT2D eigenvalue weighted by atomic mass is 127. The van der Waals surface area contributed by atoms with Crippen molar-refractivity contribution in [1.29, 1.82) is 0 Å². The summed E-state index contributed by atoms with van der Waals surface area (Å²) in [5.74, 6) is 0.808. The smallest absolute Gasteiger partial charge is 0.0666 e. The zero-order valence-corrected chi connectivity index (χ0v) is 11.0. The quantitative estimate of drug-likeness (QED) is 0.843. The standard InChI is InChI=1S/C12H16INO/c1-15-8-12(9-5-6-9)14-11-4-2-3-10(13)7-11/h2-4,7,9,12,14H,5-6,8H2,1H3. The van der Waals surface area contributed by atoms with E-state index in [2.05, 4.69) is 52.2 Å². The lowest BCUT2D eigenvalue weighted by Crippen LogP contribution is -2.27. The predicted octanol–water partition coefficient (Wildman–Crippen LogP) is 3.13. The highest BCUT2D eigenvalue weighted by Gasteiger charge is 2.30. The van der Waals surface area contributed by atoms with Gasteiger partial charge in [-0.2, -0.15) is 0 Å². The molecule has 1 aromatic rings. The molecule has 1 unspecified atom stereocenters. The Morgan fingerprint density at radius 1 is 1.53 bits per heavy atom. The van der Waals surface area contributed by atoms with Gasteiger partial charge in [0.05, 0.1) is 12.6 Å². The number of hydrogen-bond acceptors (Lipinski definition) is 2. The van der Waals surface area contributed by atoms with Gasteiger partial charge < -0.3 is 10.1 Å². The van der Waals surface area contributed by atoms with E-state index < -0.39 is 0 Å². The molecule has 1 aliphatic rings. The van der Waals surface area contributed by atoms with Gasteiger partial charge >= 0.3 is 0 Å². The van der Waals surface area contributed by atoms with E-state index in [1.807, 2.05) is 0 Å². The molecule has 1 saturated carbocycles. The Bertz CT molecular complexity index is 325. The molecule has 2 rings (SSSR count). The summed E-state index contributed by atoms with van der Waals surface area (Å²) in [7, 11) is 1.77. The average Bonchev–Trinajstić information content (AvgIpc) is 3.00. The van der Waals surface area contributed by atoms with E-state index in [0.29, 0.717) is 6.04 Å². The lowest BCUT2D eigenvalue weighted by molar-refractivity contribution is 0.179. The van der Waals surface area contributed by atoms with Crippen molar-refractivity contribution >= 4 is 28.3 Å². The summed E-state index contributed by atoms with van der Waals surface area (Å²) in [6, 6.07) is 8.96. The third-order valence-corrected chi connectivity index (χ3v) is 3.38. The lowest BCUT2D eigenvalue weighted by atomic mass is 10.2. The first-order chi connectivity index (χ1) is 7.29. The molecule has 82 valence electrons. The molecule has 1 N–H and O–H groups in total. The molecule has 0 heterocycles. The zero-order valence-electron chi connectivity index (χ0n) is 8.87. The minimum Gasteiger partial charge on any atom is -0.383 e. The fourth-order valence-electron chi connectivity index (χ4n) is 1.77. The van der Waals surface area contributed by atoms with E-state index in [9.17, 15) is 0 Å². The Hall–Kier alpha value is -0.290. The zero-order chi connectivity index (χ0) is 10.7. The van der Waals surface area contributed by atoms with Gasteiger partial charge in [-0.1, -0.05) is 6.07 Å². The van der Waals surface area contributed by atoms with Crippen molar-refractivity contribution in [3.05, 3.63) is 27.8 Å². The Kier molecular flexibility index (Phi) is 3.86. The van der Waals surface area contributed by atoms with Crippen LogP contribution in [0.4, 0.5) is 5.69 Å². The molecule has 1 fully saturated rings. The van der Waals surface area contributed by atoms with Crippen LogP contribution in [-0.2, 0) is 4.74 Å². The summed E-state index contributed by atoms with van der Waals surface area (Å²) < 4.78 is 6.51.